The van der Waals surface area contributed by atoms with E-state index in [9.17, 15) is 14.4 Å². The molecule has 2 aromatic rings. The van der Waals surface area contributed by atoms with E-state index in [-0.39, 0.29) is 42.4 Å². The van der Waals surface area contributed by atoms with Crippen LogP contribution in [-0.4, -0.2) is 73.4 Å². The lowest BCUT2D eigenvalue weighted by molar-refractivity contribution is -0.146. The number of carbonyl (C=O) groups excluding carboxylic acids is 3. The first-order valence-corrected chi connectivity index (χ1v) is 15.0. The van der Waals surface area contributed by atoms with Gasteiger partial charge in [-0.3, -0.25) is 19.1 Å². The number of hydrogen-bond acceptors (Lipinski definition) is 7. The van der Waals surface area contributed by atoms with Gasteiger partial charge in [-0.05, 0) is 49.8 Å². The molecule has 0 bridgehead atoms. The molecule has 1 aromatic carbocycles. The number of rotatable bonds is 14. The van der Waals surface area contributed by atoms with E-state index in [1.165, 1.54) is 44.1 Å². The number of nitrogens with zero attached hydrogens (tertiary/aromatic N) is 3. The number of aromatic nitrogens is 2. The summed E-state index contributed by atoms with van der Waals surface area (Å²) in [4.78, 5) is 39.9. The number of hydrogen-bond donors (Lipinski definition) is 1. The summed E-state index contributed by atoms with van der Waals surface area (Å²) in [7, 11) is 6.07. The van der Waals surface area contributed by atoms with Crippen LogP contribution in [0.2, 0.25) is 0 Å². The van der Waals surface area contributed by atoms with Crippen molar-refractivity contribution in [1.29, 1.82) is 0 Å². The lowest BCUT2D eigenvalue weighted by atomic mass is 9.85. The van der Waals surface area contributed by atoms with Crippen molar-refractivity contribution in [3.8, 4) is 22.8 Å². The van der Waals surface area contributed by atoms with Gasteiger partial charge in [0.2, 0.25) is 5.91 Å². The van der Waals surface area contributed by atoms with Crippen LogP contribution in [0, 0.1) is 11.8 Å². The SMILES string of the molecule is COC(=O)CN(C)C(=O)C[C@H](CCC1CCCCC1)NC(=O)c1cc(-c2c(OC)cccc2OC)n(C(C)C(C)C)n1. The molecule has 1 N–H and O–H groups in total. The summed E-state index contributed by atoms with van der Waals surface area (Å²) in [5.41, 5.74) is 1.68. The minimum Gasteiger partial charge on any atom is -0.496 e. The molecule has 42 heavy (non-hydrogen) atoms. The lowest BCUT2D eigenvalue weighted by Crippen LogP contribution is -2.41. The number of likely N-dealkylation sites (N-methyl/N-ethyl adjacent to an activating group) is 1. The topological polar surface area (TPSA) is 112 Å². The van der Waals surface area contributed by atoms with E-state index in [0.717, 1.165) is 12.0 Å². The van der Waals surface area contributed by atoms with E-state index < -0.39 is 12.0 Å². The molecule has 1 unspecified atom stereocenters. The Hall–Kier alpha value is -3.56. The first kappa shape index (κ1) is 32.9. The minimum absolute atomic E-state index is 0.0215. The van der Waals surface area contributed by atoms with E-state index >= 15 is 0 Å². The molecular formula is C32H48N4O6. The largest absolute Gasteiger partial charge is 0.496 e. The molecule has 1 aliphatic carbocycles. The first-order chi connectivity index (χ1) is 20.1. The maximum absolute atomic E-state index is 13.7. The average molecular weight is 585 g/mol. The molecule has 1 aromatic heterocycles. The van der Waals surface area contributed by atoms with Gasteiger partial charge in [0.15, 0.2) is 5.69 Å². The summed E-state index contributed by atoms with van der Waals surface area (Å²) in [6.45, 7) is 6.13. The standard InChI is InChI=1S/C32H48N4O6/c1-21(2)22(3)36-26(31-27(40-5)14-11-15-28(31)41-6)19-25(34-36)32(39)33-24(17-16-23-12-9-8-10-13-23)18-29(37)35(4)20-30(38)42-7/h11,14-15,19,21-24H,8-10,12-13,16-18,20H2,1-7H3,(H,33,39)/t22?,24-/m0/s1. The van der Waals surface area contributed by atoms with Crippen LogP contribution in [-0.2, 0) is 14.3 Å². The summed E-state index contributed by atoms with van der Waals surface area (Å²) < 4.78 is 17.9. The third-order valence-corrected chi connectivity index (χ3v) is 8.43. The fourth-order valence-corrected chi connectivity index (χ4v) is 5.50. The van der Waals surface area contributed by atoms with Crippen LogP contribution in [0.1, 0.15) is 88.7 Å². The minimum atomic E-state index is -0.488. The van der Waals surface area contributed by atoms with Gasteiger partial charge in [0.1, 0.15) is 18.0 Å². The summed E-state index contributed by atoms with van der Waals surface area (Å²) in [6.07, 6.45) is 7.77. The van der Waals surface area contributed by atoms with Crippen molar-refractivity contribution in [2.45, 2.75) is 84.2 Å². The molecular weight excluding hydrogens is 536 g/mol. The second-order valence-corrected chi connectivity index (χ2v) is 11.7. The highest BCUT2D eigenvalue weighted by Gasteiger charge is 2.27. The molecule has 0 radical (unpaired) electrons. The molecule has 1 fully saturated rings. The Labute approximate surface area is 250 Å². The fourth-order valence-electron chi connectivity index (χ4n) is 5.50. The van der Waals surface area contributed by atoms with Crippen molar-refractivity contribution in [2.75, 3.05) is 34.9 Å². The van der Waals surface area contributed by atoms with E-state index in [0.29, 0.717) is 29.5 Å². The number of ether oxygens (including phenoxy) is 3. The van der Waals surface area contributed by atoms with Crippen molar-refractivity contribution < 1.29 is 28.6 Å². The highest BCUT2D eigenvalue weighted by atomic mass is 16.5. The van der Waals surface area contributed by atoms with Gasteiger partial charge in [0, 0.05) is 19.5 Å². The quantitative estimate of drug-likeness (QED) is 0.301. The molecule has 232 valence electrons. The van der Waals surface area contributed by atoms with Gasteiger partial charge in [-0.25, -0.2) is 0 Å². The van der Waals surface area contributed by atoms with E-state index in [1.807, 2.05) is 22.9 Å². The molecule has 3 rings (SSSR count). The first-order valence-electron chi connectivity index (χ1n) is 15.0. The van der Waals surface area contributed by atoms with Crippen LogP contribution < -0.4 is 14.8 Å². The van der Waals surface area contributed by atoms with Gasteiger partial charge in [0.25, 0.3) is 5.91 Å². The number of carbonyl (C=O) groups is 3. The molecule has 10 nitrogen and oxygen atoms in total. The normalized spacial score (nSPS) is 15.1. The lowest BCUT2D eigenvalue weighted by Gasteiger charge is -2.25. The van der Waals surface area contributed by atoms with E-state index in [4.69, 9.17) is 19.3 Å². The number of methoxy groups -OCH3 is 3. The third kappa shape index (κ3) is 8.49. The Morgan fingerprint density at radius 2 is 1.69 bits per heavy atom. The van der Waals surface area contributed by atoms with Crippen molar-refractivity contribution in [3.05, 3.63) is 30.0 Å². The Kier molecular flexibility index (Phi) is 12.2. The Balaban J connectivity index is 1.91. The molecule has 10 heteroatoms. The van der Waals surface area contributed by atoms with Crippen molar-refractivity contribution in [1.82, 2.24) is 20.0 Å². The summed E-state index contributed by atoms with van der Waals surface area (Å²) in [5, 5.41) is 7.87. The molecule has 1 saturated carbocycles. The smallest absolute Gasteiger partial charge is 0.325 e. The van der Waals surface area contributed by atoms with Gasteiger partial charge < -0.3 is 24.4 Å². The highest BCUT2D eigenvalue weighted by Crippen LogP contribution is 2.40. The zero-order valence-electron chi connectivity index (χ0n) is 26.3. The van der Waals surface area contributed by atoms with Crippen molar-refractivity contribution >= 4 is 17.8 Å². The van der Waals surface area contributed by atoms with E-state index in [2.05, 4.69) is 26.1 Å². The monoisotopic (exact) mass is 584 g/mol. The Morgan fingerprint density at radius 3 is 2.26 bits per heavy atom. The predicted octanol–water partition coefficient (Wildman–Crippen LogP) is 5.26. The van der Waals surface area contributed by atoms with Gasteiger partial charge in [0.05, 0.1) is 38.6 Å². The molecule has 1 heterocycles. The van der Waals surface area contributed by atoms with Crippen molar-refractivity contribution in [3.63, 3.8) is 0 Å². The summed E-state index contributed by atoms with van der Waals surface area (Å²) in [6, 6.07) is 6.90. The number of benzene rings is 1. The van der Waals surface area contributed by atoms with Gasteiger partial charge in [-0.1, -0.05) is 52.0 Å². The zero-order valence-corrected chi connectivity index (χ0v) is 26.3. The molecule has 0 aliphatic heterocycles. The Bertz CT molecular complexity index is 1180. The van der Waals surface area contributed by atoms with Crippen molar-refractivity contribution in [2.24, 2.45) is 11.8 Å². The van der Waals surface area contributed by atoms with Gasteiger partial charge in [-0.15, -0.1) is 0 Å². The van der Waals surface area contributed by atoms with Crippen LogP contribution in [0.4, 0.5) is 0 Å². The molecule has 0 spiro atoms. The maximum atomic E-state index is 13.7. The Morgan fingerprint density at radius 1 is 1.05 bits per heavy atom. The zero-order chi connectivity index (χ0) is 30.8. The number of amides is 2. The summed E-state index contributed by atoms with van der Waals surface area (Å²) in [5.74, 6) is 0.997. The van der Waals surface area contributed by atoms with Crippen LogP contribution in [0.5, 0.6) is 11.5 Å². The highest BCUT2D eigenvalue weighted by molar-refractivity contribution is 5.94. The van der Waals surface area contributed by atoms with E-state index in [1.54, 1.807) is 27.3 Å². The molecule has 0 saturated heterocycles. The number of nitrogens with one attached hydrogen (secondary N) is 1. The van der Waals surface area contributed by atoms with Gasteiger partial charge in [-0.2, -0.15) is 5.10 Å². The van der Waals surface area contributed by atoms with Crippen LogP contribution in [0.15, 0.2) is 24.3 Å². The van der Waals surface area contributed by atoms with Crippen LogP contribution in [0.25, 0.3) is 11.3 Å². The molecule has 2 atom stereocenters. The second kappa shape index (κ2) is 15.6. The van der Waals surface area contributed by atoms with Crippen LogP contribution in [0.3, 0.4) is 0 Å². The van der Waals surface area contributed by atoms with Gasteiger partial charge >= 0.3 is 5.97 Å². The molecule has 1 aliphatic rings. The second-order valence-electron chi connectivity index (χ2n) is 11.7. The average Bonchev–Trinajstić information content (AvgIpc) is 3.44. The third-order valence-electron chi connectivity index (χ3n) is 8.43. The fraction of sp³-hybridized carbons (Fsp3) is 0.625. The summed E-state index contributed by atoms with van der Waals surface area (Å²) >= 11 is 0. The van der Waals surface area contributed by atoms with Crippen LogP contribution >= 0.6 is 0 Å². The predicted molar refractivity (Wildman–Crippen MR) is 162 cm³/mol. The number of esters is 1. The maximum Gasteiger partial charge on any atom is 0.325 e. The molecule has 2 amide bonds.